The second-order valence-corrected chi connectivity index (χ2v) is 8.13. The second-order valence-electron chi connectivity index (χ2n) is 7.13. The third kappa shape index (κ3) is 3.17. The molecule has 0 saturated carbocycles. The molecule has 5 rings (SSSR count). The fourth-order valence-corrected chi connectivity index (χ4v) is 4.65. The van der Waals surface area contributed by atoms with Crippen molar-refractivity contribution < 1.29 is 14.3 Å². The molecule has 6 nitrogen and oxygen atoms in total. The summed E-state index contributed by atoms with van der Waals surface area (Å²) in [6.45, 7) is 2.59. The molecule has 0 aliphatic carbocycles. The van der Waals surface area contributed by atoms with Gasteiger partial charge in [0, 0.05) is 24.5 Å². The average Bonchev–Trinajstić information content (AvgIpc) is 3.37. The Labute approximate surface area is 177 Å². The highest BCUT2D eigenvalue weighted by Crippen LogP contribution is 2.42. The summed E-state index contributed by atoms with van der Waals surface area (Å²) >= 11 is 1.29. The number of benzene rings is 2. The van der Waals surface area contributed by atoms with E-state index < -0.39 is 0 Å². The van der Waals surface area contributed by atoms with E-state index >= 15 is 0 Å². The predicted molar refractivity (Wildman–Crippen MR) is 117 cm³/mol. The quantitative estimate of drug-likeness (QED) is 0.475. The highest BCUT2D eigenvalue weighted by Gasteiger charge is 2.23. The number of ketones is 1. The number of aromatic nitrogens is 2. The van der Waals surface area contributed by atoms with Gasteiger partial charge in [-0.2, -0.15) is 0 Å². The normalized spacial score (nSPS) is 12.6. The molecule has 0 atom stereocenters. The number of nitrogen functional groups attached to an aromatic ring is 1. The van der Waals surface area contributed by atoms with Crippen molar-refractivity contribution in [2.45, 2.75) is 20.0 Å². The summed E-state index contributed by atoms with van der Waals surface area (Å²) in [6, 6.07) is 14.0. The van der Waals surface area contributed by atoms with Crippen LogP contribution in [0.25, 0.3) is 21.5 Å². The summed E-state index contributed by atoms with van der Waals surface area (Å²) in [6.07, 6.45) is 2.30. The lowest BCUT2D eigenvalue weighted by Gasteiger charge is -2.13. The van der Waals surface area contributed by atoms with Gasteiger partial charge in [-0.3, -0.25) is 4.79 Å². The Kier molecular flexibility index (Phi) is 4.59. The molecule has 0 amide bonds. The van der Waals surface area contributed by atoms with E-state index in [0.717, 1.165) is 34.6 Å². The van der Waals surface area contributed by atoms with E-state index in [1.165, 1.54) is 24.6 Å². The van der Waals surface area contributed by atoms with Crippen molar-refractivity contribution in [1.29, 1.82) is 0 Å². The third-order valence-corrected chi connectivity index (χ3v) is 6.35. The number of hydrogen-bond acceptors (Lipinski definition) is 7. The second kappa shape index (κ2) is 7.42. The SMILES string of the molecule is CC(=O)c1sc2ncnc(-c3cc4c(c(OCc5ccccc5)c3)CCO4)c2c1N. The van der Waals surface area contributed by atoms with Gasteiger partial charge in [-0.05, 0) is 17.7 Å². The van der Waals surface area contributed by atoms with Crippen LogP contribution < -0.4 is 15.2 Å². The number of carbonyl (C=O) groups excluding carboxylic acids is 1. The van der Waals surface area contributed by atoms with Crippen LogP contribution in [0.1, 0.15) is 27.7 Å². The molecular weight excluding hydrogens is 398 g/mol. The van der Waals surface area contributed by atoms with Gasteiger partial charge in [0.15, 0.2) is 5.78 Å². The highest BCUT2D eigenvalue weighted by molar-refractivity contribution is 7.21. The zero-order valence-electron chi connectivity index (χ0n) is 16.3. The van der Waals surface area contributed by atoms with Crippen LogP contribution in [0, 0.1) is 0 Å². The van der Waals surface area contributed by atoms with Crippen LogP contribution in [0.5, 0.6) is 11.5 Å². The summed E-state index contributed by atoms with van der Waals surface area (Å²) in [5, 5.41) is 0.694. The van der Waals surface area contributed by atoms with Crippen LogP contribution >= 0.6 is 11.3 Å². The Balaban J connectivity index is 1.61. The van der Waals surface area contributed by atoms with Gasteiger partial charge in [-0.15, -0.1) is 11.3 Å². The minimum atomic E-state index is -0.0781. The molecule has 3 heterocycles. The van der Waals surface area contributed by atoms with Gasteiger partial charge in [0.25, 0.3) is 0 Å². The zero-order valence-corrected chi connectivity index (χ0v) is 17.2. The molecule has 0 radical (unpaired) electrons. The molecule has 30 heavy (non-hydrogen) atoms. The van der Waals surface area contributed by atoms with Crippen LogP contribution in [-0.4, -0.2) is 22.4 Å². The summed E-state index contributed by atoms with van der Waals surface area (Å²) in [4.78, 5) is 22.0. The number of rotatable bonds is 5. The van der Waals surface area contributed by atoms with Gasteiger partial charge in [-0.1, -0.05) is 30.3 Å². The van der Waals surface area contributed by atoms with Crippen molar-refractivity contribution in [2.24, 2.45) is 0 Å². The van der Waals surface area contributed by atoms with Crippen molar-refractivity contribution in [1.82, 2.24) is 9.97 Å². The lowest BCUT2D eigenvalue weighted by molar-refractivity contribution is 0.102. The van der Waals surface area contributed by atoms with Crippen LogP contribution in [0.15, 0.2) is 48.8 Å². The summed E-state index contributed by atoms with van der Waals surface area (Å²) < 4.78 is 12.0. The minimum absolute atomic E-state index is 0.0781. The number of nitrogens with zero attached hydrogens (tertiary/aromatic N) is 2. The number of nitrogens with two attached hydrogens (primary N) is 1. The summed E-state index contributed by atoms with van der Waals surface area (Å²) in [7, 11) is 0. The maximum absolute atomic E-state index is 12.0. The van der Waals surface area contributed by atoms with Crippen LogP contribution in [-0.2, 0) is 13.0 Å². The maximum Gasteiger partial charge on any atom is 0.171 e. The molecule has 2 aromatic heterocycles. The number of anilines is 1. The monoisotopic (exact) mass is 417 g/mol. The first-order valence-electron chi connectivity index (χ1n) is 9.62. The minimum Gasteiger partial charge on any atom is -0.493 e. The zero-order chi connectivity index (χ0) is 20.7. The predicted octanol–water partition coefficient (Wildman–Crippen LogP) is 4.66. The Hall–Kier alpha value is -3.45. The fourth-order valence-electron chi connectivity index (χ4n) is 3.69. The van der Waals surface area contributed by atoms with E-state index in [1.54, 1.807) is 0 Å². The molecule has 2 aromatic carbocycles. The van der Waals surface area contributed by atoms with Gasteiger partial charge >= 0.3 is 0 Å². The van der Waals surface area contributed by atoms with Crippen molar-refractivity contribution in [3.05, 3.63) is 64.8 Å². The first-order valence-corrected chi connectivity index (χ1v) is 10.4. The van der Waals surface area contributed by atoms with Gasteiger partial charge in [-0.25, -0.2) is 9.97 Å². The van der Waals surface area contributed by atoms with Crippen molar-refractivity contribution >= 4 is 33.0 Å². The number of Topliss-reactive ketones (excluding diaryl/α,β-unsaturated/α-hetero) is 1. The third-order valence-electron chi connectivity index (χ3n) is 5.13. The molecule has 4 aromatic rings. The van der Waals surface area contributed by atoms with E-state index in [-0.39, 0.29) is 5.78 Å². The van der Waals surface area contributed by atoms with Gasteiger partial charge in [0.1, 0.15) is 29.3 Å². The molecule has 0 fully saturated rings. The molecule has 0 bridgehead atoms. The number of hydrogen-bond donors (Lipinski definition) is 1. The number of ether oxygens (including phenoxy) is 2. The molecule has 0 spiro atoms. The molecule has 1 aliphatic heterocycles. The number of fused-ring (bicyclic) bond motifs is 2. The molecule has 2 N–H and O–H groups in total. The molecule has 0 unspecified atom stereocenters. The van der Waals surface area contributed by atoms with Gasteiger partial charge in [0.2, 0.25) is 0 Å². The summed E-state index contributed by atoms with van der Waals surface area (Å²) in [5.41, 5.74) is 10.4. The molecule has 7 heteroatoms. The summed E-state index contributed by atoms with van der Waals surface area (Å²) in [5.74, 6) is 1.49. The smallest absolute Gasteiger partial charge is 0.171 e. The Morgan fingerprint density at radius 1 is 1.23 bits per heavy atom. The molecule has 1 aliphatic rings. The van der Waals surface area contributed by atoms with Crippen molar-refractivity contribution in [2.75, 3.05) is 12.3 Å². The van der Waals surface area contributed by atoms with Gasteiger partial charge < -0.3 is 15.2 Å². The van der Waals surface area contributed by atoms with Crippen LogP contribution in [0.4, 0.5) is 5.69 Å². The number of thiophene rings is 1. The van der Waals surface area contributed by atoms with Gasteiger partial charge in [0.05, 0.1) is 28.3 Å². The van der Waals surface area contributed by atoms with E-state index in [0.29, 0.717) is 39.7 Å². The lowest BCUT2D eigenvalue weighted by Crippen LogP contribution is -1.99. The average molecular weight is 417 g/mol. The highest BCUT2D eigenvalue weighted by atomic mass is 32.1. The van der Waals surface area contributed by atoms with E-state index in [2.05, 4.69) is 9.97 Å². The van der Waals surface area contributed by atoms with E-state index in [9.17, 15) is 4.79 Å². The van der Waals surface area contributed by atoms with E-state index in [4.69, 9.17) is 15.2 Å². The van der Waals surface area contributed by atoms with E-state index in [1.807, 2.05) is 42.5 Å². The topological polar surface area (TPSA) is 87.3 Å². The molecule has 150 valence electrons. The Morgan fingerprint density at radius 3 is 2.87 bits per heavy atom. The number of carbonyl (C=O) groups is 1. The van der Waals surface area contributed by atoms with Crippen LogP contribution in [0.2, 0.25) is 0 Å². The Morgan fingerprint density at radius 2 is 2.07 bits per heavy atom. The molecule has 0 saturated heterocycles. The Bertz CT molecular complexity index is 1270. The molecular formula is C23H19N3O3S. The largest absolute Gasteiger partial charge is 0.493 e. The standard InChI is InChI=1S/C23H19N3O3S/c1-13(27)22-20(24)19-21(25-12-26-23(19)30-22)15-9-17-16(7-8-28-17)18(10-15)29-11-14-5-3-2-4-6-14/h2-6,9-10,12H,7-8,11,24H2,1H3. The maximum atomic E-state index is 12.0. The first-order chi connectivity index (χ1) is 14.6. The van der Waals surface area contributed by atoms with Crippen molar-refractivity contribution in [3.63, 3.8) is 0 Å². The first kappa shape index (κ1) is 18.6. The van der Waals surface area contributed by atoms with Crippen LogP contribution in [0.3, 0.4) is 0 Å². The lowest BCUT2D eigenvalue weighted by atomic mass is 10.0. The fraction of sp³-hybridized carbons (Fsp3) is 0.174. The van der Waals surface area contributed by atoms with Crippen molar-refractivity contribution in [3.8, 4) is 22.8 Å².